The molecule has 2 aromatic carbocycles. The first-order valence-corrected chi connectivity index (χ1v) is 7.50. The zero-order valence-electron chi connectivity index (χ0n) is 13.1. The molecule has 0 fully saturated rings. The summed E-state index contributed by atoms with van der Waals surface area (Å²) in [7, 11) is 0. The van der Waals surface area contributed by atoms with E-state index in [1.54, 1.807) is 6.92 Å². The van der Waals surface area contributed by atoms with Crippen LogP contribution in [0.1, 0.15) is 12.5 Å². The number of benzene rings is 2. The molecule has 0 bridgehead atoms. The van der Waals surface area contributed by atoms with Crippen molar-refractivity contribution >= 4 is 16.6 Å². The first-order chi connectivity index (χ1) is 11.8. The second-order valence-electron chi connectivity index (χ2n) is 5.43. The Morgan fingerprint density at radius 2 is 1.72 bits per heavy atom. The van der Waals surface area contributed by atoms with Crippen molar-refractivity contribution in [3.8, 4) is 11.1 Å². The van der Waals surface area contributed by atoms with E-state index in [-0.39, 0.29) is 27.7 Å². The van der Waals surface area contributed by atoms with Gasteiger partial charge in [-0.25, -0.2) is 13.8 Å². The topological polar surface area (TPSA) is 24.9 Å². The summed E-state index contributed by atoms with van der Waals surface area (Å²) in [5.74, 6) is -1.46. The SMILES string of the molecule is CCNc1ncc(-c2cc(F)cc(F)c2)c2c(C(F)(F)F)cccc12. The summed E-state index contributed by atoms with van der Waals surface area (Å²) in [5, 5.41) is 2.99. The molecule has 3 rings (SSSR count). The average molecular weight is 352 g/mol. The molecule has 0 aliphatic heterocycles. The summed E-state index contributed by atoms with van der Waals surface area (Å²) in [6, 6.07) is 6.35. The summed E-state index contributed by atoms with van der Waals surface area (Å²) >= 11 is 0. The molecule has 0 saturated carbocycles. The second kappa shape index (κ2) is 6.31. The van der Waals surface area contributed by atoms with Gasteiger partial charge in [-0.05, 0) is 30.7 Å². The van der Waals surface area contributed by atoms with Crippen LogP contribution >= 0.6 is 0 Å². The molecular weight excluding hydrogens is 339 g/mol. The van der Waals surface area contributed by atoms with Crippen LogP contribution in [0.25, 0.3) is 21.9 Å². The number of nitrogens with one attached hydrogen (secondary N) is 1. The van der Waals surface area contributed by atoms with Gasteiger partial charge in [-0.15, -0.1) is 0 Å². The smallest absolute Gasteiger partial charge is 0.370 e. The molecule has 25 heavy (non-hydrogen) atoms. The number of hydrogen-bond donors (Lipinski definition) is 1. The number of aromatic nitrogens is 1. The fourth-order valence-corrected chi connectivity index (χ4v) is 2.78. The van der Waals surface area contributed by atoms with Crippen LogP contribution in [-0.2, 0) is 6.18 Å². The van der Waals surface area contributed by atoms with Gasteiger partial charge >= 0.3 is 6.18 Å². The molecule has 7 heteroatoms. The quantitative estimate of drug-likeness (QED) is 0.618. The van der Waals surface area contributed by atoms with Gasteiger partial charge in [0.2, 0.25) is 0 Å². The zero-order chi connectivity index (χ0) is 18.2. The predicted molar refractivity (Wildman–Crippen MR) is 86.3 cm³/mol. The highest BCUT2D eigenvalue weighted by molar-refractivity contribution is 6.04. The molecule has 0 radical (unpaired) electrons. The van der Waals surface area contributed by atoms with Gasteiger partial charge in [0.1, 0.15) is 17.5 Å². The lowest BCUT2D eigenvalue weighted by molar-refractivity contribution is -0.136. The Morgan fingerprint density at radius 3 is 2.32 bits per heavy atom. The highest BCUT2D eigenvalue weighted by Crippen LogP contribution is 2.41. The molecule has 0 aliphatic carbocycles. The number of anilines is 1. The molecule has 1 N–H and O–H groups in total. The fraction of sp³-hybridized carbons (Fsp3) is 0.167. The van der Waals surface area contributed by atoms with Crippen molar-refractivity contribution in [2.75, 3.05) is 11.9 Å². The van der Waals surface area contributed by atoms with Crippen LogP contribution in [0.3, 0.4) is 0 Å². The third-order valence-corrected chi connectivity index (χ3v) is 3.73. The summed E-state index contributed by atoms with van der Waals surface area (Å²) < 4.78 is 67.6. The lowest BCUT2D eigenvalue weighted by Gasteiger charge is -2.16. The third-order valence-electron chi connectivity index (χ3n) is 3.73. The Bertz CT molecular complexity index is 914. The van der Waals surface area contributed by atoms with Crippen LogP contribution in [0.15, 0.2) is 42.6 Å². The summed E-state index contributed by atoms with van der Waals surface area (Å²) in [6.07, 6.45) is -3.42. The maximum absolute atomic E-state index is 13.6. The van der Waals surface area contributed by atoms with Crippen LogP contribution in [-0.4, -0.2) is 11.5 Å². The lowest BCUT2D eigenvalue weighted by Crippen LogP contribution is -2.08. The first kappa shape index (κ1) is 17.1. The Hall–Kier alpha value is -2.70. The van der Waals surface area contributed by atoms with Gasteiger partial charge in [-0.2, -0.15) is 13.2 Å². The minimum Gasteiger partial charge on any atom is -0.370 e. The summed E-state index contributed by atoms with van der Waals surface area (Å²) in [5.41, 5.74) is -0.871. The van der Waals surface area contributed by atoms with Crippen molar-refractivity contribution in [1.82, 2.24) is 4.98 Å². The van der Waals surface area contributed by atoms with E-state index in [9.17, 15) is 22.0 Å². The predicted octanol–water partition coefficient (Wildman–Crippen LogP) is 5.63. The zero-order valence-corrected chi connectivity index (χ0v) is 13.1. The van der Waals surface area contributed by atoms with Gasteiger partial charge in [0.05, 0.1) is 5.56 Å². The van der Waals surface area contributed by atoms with Crippen molar-refractivity contribution in [1.29, 1.82) is 0 Å². The standard InChI is InChI=1S/C18H13F5N2/c1-2-24-17-13-4-3-5-15(18(21,22)23)16(13)14(9-25-17)10-6-11(19)8-12(20)7-10/h3-9H,2H2,1H3,(H,24,25). The van der Waals surface area contributed by atoms with E-state index >= 15 is 0 Å². The normalized spacial score (nSPS) is 11.8. The molecular formula is C18H13F5N2. The third kappa shape index (κ3) is 3.26. The van der Waals surface area contributed by atoms with E-state index < -0.39 is 23.4 Å². The van der Waals surface area contributed by atoms with E-state index in [4.69, 9.17) is 0 Å². The molecule has 0 unspecified atom stereocenters. The van der Waals surface area contributed by atoms with Crippen molar-refractivity contribution in [3.05, 3.63) is 59.8 Å². The van der Waals surface area contributed by atoms with Crippen LogP contribution < -0.4 is 5.32 Å². The van der Waals surface area contributed by atoms with Crippen LogP contribution in [0.5, 0.6) is 0 Å². The maximum Gasteiger partial charge on any atom is 0.417 e. The highest BCUT2D eigenvalue weighted by Gasteiger charge is 2.34. The number of pyridine rings is 1. The van der Waals surface area contributed by atoms with Crippen LogP contribution in [0.4, 0.5) is 27.8 Å². The second-order valence-corrected chi connectivity index (χ2v) is 5.43. The van der Waals surface area contributed by atoms with Crippen LogP contribution in [0.2, 0.25) is 0 Å². The number of hydrogen-bond acceptors (Lipinski definition) is 2. The number of halogens is 5. The fourth-order valence-electron chi connectivity index (χ4n) is 2.78. The van der Waals surface area contributed by atoms with E-state index in [0.29, 0.717) is 12.6 Å². The maximum atomic E-state index is 13.6. The Morgan fingerprint density at radius 1 is 1.04 bits per heavy atom. The molecule has 0 spiro atoms. The Kier molecular flexibility index (Phi) is 4.32. The molecule has 1 heterocycles. The molecule has 0 saturated heterocycles. The van der Waals surface area contributed by atoms with Crippen molar-refractivity contribution in [2.45, 2.75) is 13.1 Å². The van der Waals surface area contributed by atoms with E-state index in [2.05, 4.69) is 10.3 Å². The van der Waals surface area contributed by atoms with Crippen molar-refractivity contribution in [2.24, 2.45) is 0 Å². The van der Waals surface area contributed by atoms with E-state index in [1.165, 1.54) is 18.3 Å². The molecule has 1 aromatic heterocycles. The number of alkyl halides is 3. The highest BCUT2D eigenvalue weighted by atomic mass is 19.4. The number of nitrogens with zero attached hydrogens (tertiary/aromatic N) is 1. The van der Waals surface area contributed by atoms with E-state index in [1.807, 2.05) is 0 Å². The average Bonchev–Trinajstić information content (AvgIpc) is 2.53. The van der Waals surface area contributed by atoms with Gasteiger partial charge in [0, 0.05) is 35.1 Å². The molecule has 0 aliphatic rings. The number of fused-ring (bicyclic) bond motifs is 1. The van der Waals surface area contributed by atoms with Crippen molar-refractivity contribution in [3.63, 3.8) is 0 Å². The largest absolute Gasteiger partial charge is 0.417 e. The molecule has 2 nitrogen and oxygen atoms in total. The minimum atomic E-state index is -4.62. The lowest BCUT2D eigenvalue weighted by atomic mass is 9.96. The van der Waals surface area contributed by atoms with Gasteiger partial charge in [-0.3, -0.25) is 0 Å². The molecule has 3 aromatic rings. The minimum absolute atomic E-state index is 0.00486. The molecule has 0 amide bonds. The molecule has 130 valence electrons. The van der Waals surface area contributed by atoms with Gasteiger partial charge < -0.3 is 5.32 Å². The Balaban J connectivity index is 2.41. The molecule has 0 atom stereocenters. The first-order valence-electron chi connectivity index (χ1n) is 7.50. The van der Waals surface area contributed by atoms with Crippen LogP contribution in [0, 0.1) is 11.6 Å². The van der Waals surface area contributed by atoms with E-state index in [0.717, 1.165) is 18.2 Å². The monoisotopic (exact) mass is 352 g/mol. The van der Waals surface area contributed by atoms with Crippen molar-refractivity contribution < 1.29 is 22.0 Å². The van der Waals surface area contributed by atoms with Gasteiger partial charge in [0.15, 0.2) is 0 Å². The number of rotatable bonds is 3. The summed E-state index contributed by atoms with van der Waals surface area (Å²) in [6.45, 7) is 2.25. The summed E-state index contributed by atoms with van der Waals surface area (Å²) in [4.78, 5) is 4.13. The Labute approximate surface area is 140 Å². The van der Waals surface area contributed by atoms with Gasteiger partial charge in [-0.1, -0.05) is 12.1 Å². The van der Waals surface area contributed by atoms with Gasteiger partial charge in [0.25, 0.3) is 0 Å².